The van der Waals surface area contributed by atoms with Crippen LogP contribution >= 0.6 is 0 Å². The number of anilines is 1. The predicted octanol–water partition coefficient (Wildman–Crippen LogP) is 1.08. The largest absolute Gasteiger partial charge is 0.481 e. The first-order valence-corrected chi connectivity index (χ1v) is 4.64. The summed E-state index contributed by atoms with van der Waals surface area (Å²) in [6.07, 6.45) is 1.20. The fourth-order valence-corrected chi connectivity index (χ4v) is 1.21. The second kappa shape index (κ2) is 5.19. The second-order valence-corrected chi connectivity index (χ2v) is 3.14. The highest BCUT2D eigenvalue weighted by molar-refractivity contribution is 5.66. The number of hydrogen-bond donors (Lipinski definition) is 2. The van der Waals surface area contributed by atoms with Crippen LogP contribution in [0.15, 0.2) is 12.1 Å². The molecular formula is C10H14N2O3. The van der Waals surface area contributed by atoms with Crippen LogP contribution in [0, 0.1) is 0 Å². The van der Waals surface area contributed by atoms with E-state index in [9.17, 15) is 4.79 Å². The van der Waals surface area contributed by atoms with E-state index in [4.69, 9.17) is 15.6 Å². The quantitative estimate of drug-likeness (QED) is 0.759. The smallest absolute Gasteiger partial charge is 0.303 e. The molecule has 0 spiro atoms. The summed E-state index contributed by atoms with van der Waals surface area (Å²) in [4.78, 5) is 14.5. The molecule has 0 unspecified atom stereocenters. The summed E-state index contributed by atoms with van der Waals surface area (Å²) in [5.74, 6) is -0.314. The van der Waals surface area contributed by atoms with Crippen LogP contribution in [0.2, 0.25) is 0 Å². The molecule has 0 aliphatic heterocycles. The van der Waals surface area contributed by atoms with Gasteiger partial charge in [-0.25, -0.2) is 4.98 Å². The average molecular weight is 210 g/mol. The van der Waals surface area contributed by atoms with Crippen molar-refractivity contribution in [1.29, 1.82) is 0 Å². The topological polar surface area (TPSA) is 85.4 Å². The first-order chi connectivity index (χ1) is 7.13. The zero-order valence-electron chi connectivity index (χ0n) is 8.56. The number of carbonyl (C=O) groups is 1. The third-order valence-electron chi connectivity index (χ3n) is 2.00. The zero-order chi connectivity index (χ0) is 11.3. The lowest BCUT2D eigenvalue weighted by Gasteiger charge is -2.05. The van der Waals surface area contributed by atoms with Crippen LogP contribution < -0.4 is 10.5 Å². The minimum absolute atomic E-state index is 0.123. The van der Waals surface area contributed by atoms with E-state index in [-0.39, 0.29) is 6.42 Å². The van der Waals surface area contributed by atoms with Crippen molar-refractivity contribution >= 4 is 11.7 Å². The first-order valence-electron chi connectivity index (χ1n) is 4.64. The van der Waals surface area contributed by atoms with Gasteiger partial charge >= 0.3 is 5.97 Å². The number of aromatic nitrogens is 1. The van der Waals surface area contributed by atoms with E-state index >= 15 is 0 Å². The Kier molecular flexibility index (Phi) is 3.91. The van der Waals surface area contributed by atoms with Crippen molar-refractivity contribution in [2.45, 2.75) is 19.3 Å². The molecule has 1 rings (SSSR count). The summed E-state index contributed by atoms with van der Waals surface area (Å²) in [5.41, 5.74) is 6.96. The van der Waals surface area contributed by atoms with Gasteiger partial charge in [0.25, 0.3) is 0 Å². The maximum absolute atomic E-state index is 10.3. The number of nitrogen functional groups attached to an aromatic ring is 1. The average Bonchev–Trinajstić information content (AvgIpc) is 2.20. The Bertz CT molecular complexity index is 353. The summed E-state index contributed by atoms with van der Waals surface area (Å²) in [6.45, 7) is 0. The lowest BCUT2D eigenvalue weighted by molar-refractivity contribution is -0.137. The van der Waals surface area contributed by atoms with Crippen LogP contribution in [0.3, 0.4) is 0 Å². The van der Waals surface area contributed by atoms with Gasteiger partial charge < -0.3 is 15.6 Å². The number of pyridine rings is 1. The molecular weight excluding hydrogens is 196 g/mol. The fourth-order valence-electron chi connectivity index (χ4n) is 1.21. The van der Waals surface area contributed by atoms with Gasteiger partial charge in [0.1, 0.15) is 0 Å². The van der Waals surface area contributed by atoms with Crippen LogP contribution in [0.25, 0.3) is 0 Å². The summed E-state index contributed by atoms with van der Waals surface area (Å²) in [6, 6.07) is 3.39. The molecule has 0 aliphatic rings. The second-order valence-electron chi connectivity index (χ2n) is 3.14. The molecule has 3 N–H and O–H groups in total. The molecule has 82 valence electrons. The number of aryl methyl sites for hydroxylation is 1. The number of carboxylic acid groups (broad SMARTS) is 1. The van der Waals surface area contributed by atoms with Crippen molar-refractivity contribution in [3.63, 3.8) is 0 Å². The Balaban J connectivity index is 2.62. The third kappa shape index (κ3) is 3.46. The Morgan fingerprint density at radius 2 is 2.33 bits per heavy atom. The number of aliphatic carboxylic acids is 1. The van der Waals surface area contributed by atoms with E-state index in [0.717, 1.165) is 0 Å². The van der Waals surface area contributed by atoms with Crippen molar-refractivity contribution in [2.24, 2.45) is 0 Å². The van der Waals surface area contributed by atoms with Gasteiger partial charge in [-0.15, -0.1) is 0 Å². The summed E-state index contributed by atoms with van der Waals surface area (Å²) in [7, 11) is 1.53. The maximum Gasteiger partial charge on any atom is 0.303 e. The van der Waals surface area contributed by atoms with E-state index < -0.39 is 5.97 Å². The lowest BCUT2D eigenvalue weighted by atomic mass is 10.1. The molecule has 15 heavy (non-hydrogen) atoms. The van der Waals surface area contributed by atoms with Crippen LogP contribution in [-0.2, 0) is 11.2 Å². The number of rotatable bonds is 5. The number of carboxylic acids is 1. The van der Waals surface area contributed by atoms with Gasteiger partial charge in [-0.2, -0.15) is 0 Å². The number of methoxy groups -OCH3 is 1. The highest BCUT2D eigenvalue weighted by Crippen LogP contribution is 2.16. The van der Waals surface area contributed by atoms with Gasteiger partial charge in [0.05, 0.1) is 18.5 Å². The van der Waals surface area contributed by atoms with E-state index in [1.807, 2.05) is 0 Å². The highest BCUT2D eigenvalue weighted by atomic mass is 16.5. The van der Waals surface area contributed by atoms with Crippen LogP contribution in [0.1, 0.15) is 18.5 Å². The van der Waals surface area contributed by atoms with Gasteiger partial charge in [-0.1, -0.05) is 0 Å². The van der Waals surface area contributed by atoms with Crippen molar-refractivity contribution in [3.05, 3.63) is 17.8 Å². The molecule has 1 aromatic heterocycles. The number of nitrogens with zero attached hydrogens (tertiary/aromatic N) is 1. The third-order valence-corrected chi connectivity index (χ3v) is 2.00. The molecule has 0 saturated heterocycles. The summed E-state index contributed by atoms with van der Waals surface area (Å²) >= 11 is 0. The Hall–Kier alpha value is -1.78. The van der Waals surface area contributed by atoms with Crippen molar-refractivity contribution in [3.8, 4) is 5.88 Å². The molecule has 0 aromatic carbocycles. The highest BCUT2D eigenvalue weighted by Gasteiger charge is 2.04. The van der Waals surface area contributed by atoms with Gasteiger partial charge in [-0.05, 0) is 18.9 Å². The Morgan fingerprint density at radius 3 is 2.93 bits per heavy atom. The number of hydrogen-bond acceptors (Lipinski definition) is 4. The minimum atomic E-state index is -0.809. The monoisotopic (exact) mass is 210 g/mol. The number of ether oxygens (including phenoxy) is 1. The molecule has 0 fully saturated rings. The molecule has 0 amide bonds. The molecule has 0 aliphatic carbocycles. The normalized spacial score (nSPS) is 9.93. The van der Waals surface area contributed by atoms with Gasteiger partial charge in [-0.3, -0.25) is 4.79 Å². The van der Waals surface area contributed by atoms with E-state index in [0.29, 0.717) is 30.1 Å². The predicted molar refractivity (Wildman–Crippen MR) is 55.8 cm³/mol. The van der Waals surface area contributed by atoms with E-state index in [1.165, 1.54) is 7.11 Å². The molecule has 0 bridgehead atoms. The van der Waals surface area contributed by atoms with Gasteiger partial charge in [0, 0.05) is 12.5 Å². The Labute approximate surface area is 87.9 Å². The van der Waals surface area contributed by atoms with E-state index in [2.05, 4.69) is 4.98 Å². The molecule has 0 atom stereocenters. The SMILES string of the molecule is COc1ccc(N)c(CCCC(=O)O)n1. The van der Waals surface area contributed by atoms with Gasteiger partial charge in [0.2, 0.25) is 5.88 Å². The van der Waals surface area contributed by atoms with Crippen LogP contribution in [0.5, 0.6) is 5.88 Å². The fraction of sp³-hybridized carbons (Fsp3) is 0.400. The molecule has 5 heteroatoms. The lowest BCUT2D eigenvalue weighted by Crippen LogP contribution is -2.02. The standard InChI is InChI=1S/C10H14N2O3/c1-15-9-6-5-7(11)8(12-9)3-2-4-10(13)14/h5-6H,2-4,11H2,1H3,(H,13,14). The van der Waals surface area contributed by atoms with Crippen molar-refractivity contribution < 1.29 is 14.6 Å². The molecule has 1 aromatic rings. The summed E-state index contributed by atoms with van der Waals surface area (Å²) in [5, 5.41) is 8.49. The Morgan fingerprint density at radius 1 is 1.60 bits per heavy atom. The van der Waals surface area contributed by atoms with Gasteiger partial charge in [0.15, 0.2) is 0 Å². The summed E-state index contributed by atoms with van der Waals surface area (Å²) < 4.78 is 4.95. The first kappa shape index (κ1) is 11.3. The number of nitrogens with two attached hydrogens (primary N) is 1. The van der Waals surface area contributed by atoms with E-state index in [1.54, 1.807) is 12.1 Å². The molecule has 1 heterocycles. The molecule has 0 saturated carbocycles. The molecule has 0 radical (unpaired) electrons. The zero-order valence-corrected chi connectivity index (χ0v) is 8.56. The van der Waals surface area contributed by atoms with Crippen LogP contribution in [0.4, 0.5) is 5.69 Å². The maximum atomic E-state index is 10.3. The van der Waals surface area contributed by atoms with Crippen molar-refractivity contribution in [1.82, 2.24) is 4.98 Å². The van der Waals surface area contributed by atoms with Crippen LogP contribution in [-0.4, -0.2) is 23.2 Å². The molecule has 5 nitrogen and oxygen atoms in total. The van der Waals surface area contributed by atoms with Crippen molar-refractivity contribution in [2.75, 3.05) is 12.8 Å². The minimum Gasteiger partial charge on any atom is -0.481 e.